The smallest absolute Gasteiger partial charge is 0.256 e. The summed E-state index contributed by atoms with van der Waals surface area (Å²) >= 11 is 5.78. The fourth-order valence-corrected chi connectivity index (χ4v) is 4.22. The first kappa shape index (κ1) is 21.6. The molecule has 4 rings (SSSR count). The van der Waals surface area contributed by atoms with Gasteiger partial charge in [0, 0.05) is 19.8 Å². The molecule has 3 aromatic rings. The SMILES string of the molecule is COc1ccc(C2C(C(=O)Nc3ccccc3)=C(c3ccccc3)N(C)C(=S)N2C)cc1. The van der Waals surface area contributed by atoms with Crippen molar-refractivity contribution in [2.75, 3.05) is 26.5 Å². The maximum Gasteiger partial charge on any atom is 0.256 e. The molecule has 1 amide bonds. The Hall–Kier alpha value is -3.64. The normalized spacial score (nSPS) is 16.2. The molecule has 162 valence electrons. The average molecular weight is 444 g/mol. The summed E-state index contributed by atoms with van der Waals surface area (Å²) in [5.74, 6) is 0.589. The molecule has 32 heavy (non-hydrogen) atoms. The number of methoxy groups -OCH3 is 1. The fraction of sp³-hybridized carbons (Fsp3) is 0.154. The summed E-state index contributed by atoms with van der Waals surface area (Å²) in [5.41, 5.74) is 4.05. The minimum absolute atomic E-state index is 0.169. The largest absolute Gasteiger partial charge is 0.497 e. The number of carbonyl (C=O) groups is 1. The number of hydrogen-bond donors (Lipinski definition) is 1. The van der Waals surface area contributed by atoms with E-state index in [-0.39, 0.29) is 11.9 Å². The predicted molar refractivity (Wildman–Crippen MR) is 132 cm³/mol. The molecule has 0 radical (unpaired) electrons. The van der Waals surface area contributed by atoms with Gasteiger partial charge in [-0.2, -0.15) is 0 Å². The summed E-state index contributed by atoms with van der Waals surface area (Å²) in [7, 11) is 5.46. The van der Waals surface area contributed by atoms with Gasteiger partial charge in [0.1, 0.15) is 5.75 Å². The number of likely N-dealkylation sites (N-methyl/N-ethyl adjacent to an activating group) is 1. The van der Waals surface area contributed by atoms with Gasteiger partial charge in [0.2, 0.25) is 0 Å². The Balaban J connectivity index is 1.91. The number of benzene rings is 3. The third kappa shape index (κ3) is 4.09. The van der Waals surface area contributed by atoms with Crippen LogP contribution in [-0.4, -0.2) is 42.0 Å². The molecule has 0 spiro atoms. The van der Waals surface area contributed by atoms with E-state index in [0.717, 1.165) is 28.3 Å². The van der Waals surface area contributed by atoms with E-state index in [0.29, 0.717) is 10.7 Å². The van der Waals surface area contributed by atoms with Crippen LogP contribution in [0.1, 0.15) is 17.2 Å². The molecule has 1 aliphatic heterocycles. The number of ether oxygens (including phenoxy) is 1. The van der Waals surface area contributed by atoms with Crippen LogP contribution in [0.25, 0.3) is 5.70 Å². The van der Waals surface area contributed by atoms with Crippen LogP contribution in [0.5, 0.6) is 5.75 Å². The van der Waals surface area contributed by atoms with Crippen molar-refractivity contribution in [3.63, 3.8) is 0 Å². The summed E-state index contributed by atoms with van der Waals surface area (Å²) in [6.45, 7) is 0. The molecule has 3 aromatic carbocycles. The highest BCUT2D eigenvalue weighted by atomic mass is 32.1. The molecule has 0 aromatic heterocycles. The number of rotatable bonds is 5. The molecule has 0 saturated carbocycles. The molecule has 1 N–H and O–H groups in total. The molecule has 0 saturated heterocycles. The van der Waals surface area contributed by atoms with Crippen LogP contribution in [0, 0.1) is 0 Å². The van der Waals surface area contributed by atoms with E-state index < -0.39 is 0 Å². The standard InChI is InChI=1S/C26H25N3O2S/c1-28-23(18-10-6-4-7-11-18)22(25(30)27-20-12-8-5-9-13-20)24(29(2)26(28)32)19-14-16-21(31-3)17-15-19/h4-17,24H,1-3H3,(H,27,30). The molecule has 1 heterocycles. The van der Waals surface area contributed by atoms with Gasteiger partial charge in [-0.15, -0.1) is 0 Å². The molecule has 1 aliphatic rings. The molecule has 6 heteroatoms. The first-order valence-corrected chi connectivity index (χ1v) is 10.7. The lowest BCUT2D eigenvalue weighted by Gasteiger charge is -2.43. The van der Waals surface area contributed by atoms with Crippen molar-refractivity contribution in [2.24, 2.45) is 0 Å². The number of carbonyl (C=O) groups excluding carboxylic acids is 1. The summed E-state index contributed by atoms with van der Waals surface area (Å²) in [5, 5.41) is 3.71. The third-order valence-corrected chi connectivity index (χ3v) is 6.16. The van der Waals surface area contributed by atoms with E-state index in [1.165, 1.54) is 0 Å². The number of thiocarbonyl (C=S) groups is 1. The predicted octanol–water partition coefficient (Wildman–Crippen LogP) is 4.95. The lowest BCUT2D eigenvalue weighted by molar-refractivity contribution is -0.113. The Labute approximate surface area is 193 Å². The van der Waals surface area contributed by atoms with Gasteiger partial charge < -0.3 is 19.9 Å². The van der Waals surface area contributed by atoms with E-state index in [9.17, 15) is 4.79 Å². The van der Waals surface area contributed by atoms with Gasteiger partial charge in [-0.3, -0.25) is 4.79 Å². The third-order valence-electron chi connectivity index (χ3n) is 5.59. The van der Waals surface area contributed by atoms with Gasteiger partial charge in [-0.05, 0) is 47.6 Å². The number of amides is 1. The topological polar surface area (TPSA) is 44.8 Å². The lowest BCUT2D eigenvalue weighted by atomic mass is 9.90. The minimum Gasteiger partial charge on any atom is -0.497 e. The summed E-state index contributed by atoms with van der Waals surface area (Å²) in [6, 6.07) is 26.8. The van der Waals surface area contributed by atoms with E-state index >= 15 is 0 Å². The second-order valence-electron chi connectivity index (χ2n) is 7.58. The van der Waals surface area contributed by atoms with Crippen LogP contribution in [0.3, 0.4) is 0 Å². The number of anilines is 1. The van der Waals surface area contributed by atoms with Crippen LogP contribution >= 0.6 is 12.2 Å². The average Bonchev–Trinajstić information content (AvgIpc) is 2.83. The Kier molecular flexibility index (Phi) is 6.23. The Bertz CT molecular complexity index is 1140. The van der Waals surface area contributed by atoms with E-state index in [4.69, 9.17) is 17.0 Å². The summed E-state index contributed by atoms with van der Waals surface area (Å²) in [6.07, 6.45) is 0. The first-order valence-electron chi connectivity index (χ1n) is 10.3. The first-order chi connectivity index (χ1) is 15.5. The van der Waals surface area contributed by atoms with Gasteiger partial charge in [-0.1, -0.05) is 60.7 Å². The highest BCUT2D eigenvalue weighted by Gasteiger charge is 2.38. The highest BCUT2D eigenvalue weighted by Crippen LogP contribution is 2.40. The summed E-state index contributed by atoms with van der Waals surface area (Å²) in [4.78, 5) is 17.6. The zero-order valence-corrected chi connectivity index (χ0v) is 19.1. The number of nitrogens with zero attached hydrogens (tertiary/aromatic N) is 2. The van der Waals surface area contributed by atoms with Crippen molar-refractivity contribution < 1.29 is 9.53 Å². The molecule has 0 fully saturated rings. The summed E-state index contributed by atoms with van der Waals surface area (Å²) < 4.78 is 5.33. The van der Waals surface area contributed by atoms with Crippen molar-refractivity contribution in [1.82, 2.24) is 9.80 Å². The monoisotopic (exact) mass is 443 g/mol. The van der Waals surface area contributed by atoms with Crippen molar-refractivity contribution in [2.45, 2.75) is 6.04 Å². The van der Waals surface area contributed by atoms with Crippen LogP contribution in [-0.2, 0) is 4.79 Å². The second-order valence-corrected chi connectivity index (χ2v) is 7.94. The van der Waals surface area contributed by atoms with Crippen molar-refractivity contribution >= 4 is 34.6 Å². The van der Waals surface area contributed by atoms with Crippen LogP contribution in [0.4, 0.5) is 5.69 Å². The zero-order valence-electron chi connectivity index (χ0n) is 18.3. The Morgan fingerprint density at radius 3 is 2.09 bits per heavy atom. The van der Waals surface area contributed by atoms with Gasteiger partial charge in [0.05, 0.1) is 24.4 Å². The quantitative estimate of drug-likeness (QED) is 0.566. The molecule has 5 nitrogen and oxygen atoms in total. The van der Waals surface area contributed by atoms with Crippen LogP contribution in [0.15, 0.2) is 90.5 Å². The highest BCUT2D eigenvalue weighted by molar-refractivity contribution is 7.80. The maximum absolute atomic E-state index is 13.8. The number of para-hydroxylation sites is 1. The molecule has 0 bridgehead atoms. The van der Waals surface area contributed by atoms with E-state index in [1.54, 1.807) is 7.11 Å². The van der Waals surface area contributed by atoms with Crippen LogP contribution in [0.2, 0.25) is 0 Å². The molecular formula is C26H25N3O2S. The minimum atomic E-state index is -0.358. The maximum atomic E-state index is 13.8. The van der Waals surface area contributed by atoms with Crippen LogP contribution < -0.4 is 10.1 Å². The second kappa shape index (κ2) is 9.24. The molecular weight excluding hydrogens is 418 g/mol. The Morgan fingerprint density at radius 1 is 0.906 bits per heavy atom. The zero-order chi connectivity index (χ0) is 22.7. The molecule has 0 aliphatic carbocycles. The van der Waals surface area contributed by atoms with Crippen molar-refractivity contribution in [1.29, 1.82) is 0 Å². The van der Waals surface area contributed by atoms with E-state index in [2.05, 4.69) is 5.32 Å². The Morgan fingerprint density at radius 2 is 1.50 bits per heavy atom. The van der Waals surface area contributed by atoms with Crippen molar-refractivity contribution in [3.8, 4) is 5.75 Å². The number of hydrogen-bond acceptors (Lipinski definition) is 3. The van der Waals surface area contributed by atoms with Crippen molar-refractivity contribution in [3.05, 3.63) is 102 Å². The molecule has 1 atom stereocenters. The van der Waals surface area contributed by atoms with Gasteiger partial charge >= 0.3 is 0 Å². The fourth-order valence-electron chi connectivity index (χ4n) is 4.02. The lowest BCUT2D eigenvalue weighted by Crippen LogP contribution is -2.47. The molecule has 1 unspecified atom stereocenters. The van der Waals surface area contributed by atoms with Gasteiger partial charge in [0.15, 0.2) is 5.11 Å². The van der Waals surface area contributed by atoms with Gasteiger partial charge in [0.25, 0.3) is 5.91 Å². The number of nitrogens with one attached hydrogen (secondary N) is 1. The van der Waals surface area contributed by atoms with Gasteiger partial charge in [-0.25, -0.2) is 0 Å². The van der Waals surface area contributed by atoms with E-state index in [1.807, 2.05) is 109 Å².